The average Bonchev–Trinajstić information content (AvgIpc) is 3.01. The lowest BCUT2D eigenvalue weighted by atomic mass is 9.92. The zero-order chi connectivity index (χ0) is 17.0. The minimum absolute atomic E-state index is 0.0956. The SMILES string of the molecule is CCC1c2ccsc2CCN1C(=O)CN(C)CC(C)(CO)CO. The highest BCUT2D eigenvalue weighted by molar-refractivity contribution is 7.10. The van der Waals surface area contributed by atoms with Gasteiger partial charge in [0.2, 0.25) is 5.91 Å². The van der Waals surface area contributed by atoms with Gasteiger partial charge in [-0.2, -0.15) is 0 Å². The summed E-state index contributed by atoms with van der Waals surface area (Å²) in [6, 6.07) is 2.32. The summed E-state index contributed by atoms with van der Waals surface area (Å²) in [6.45, 7) is 5.32. The third kappa shape index (κ3) is 4.12. The molecule has 0 radical (unpaired) electrons. The van der Waals surface area contributed by atoms with E-state index in [2.05, 4.69) is 18.4 Å². The van der Waals surface area contributed by atoms with Crippen molar-refractivity contribution in [3.63, 3.8) is 0 Å². The standard InChI is InChI=1S/C17H28N2O3S/c1-4-14-13-6-8-23-15(13)5-7-19(14)16(22)9-18(3)10-17(2,11-20)12-21/h6,8,14,20-21H,4-5,7,9-12H2,1-3H3. The van der Waals surface area contributed by atoms with Crippen molar-refractivity contribution in [2.75, 3.05) is 39.9 Å². The summed E-state index contributed by atoms with van der Waals surface area (Å²) in [6.07, 6.45) is 1.86. The molecule has 1 aromatic heterocycles. The number of aliphatic hydroxyl groups excluding tert-OH is 2. The number of amides is 1. The molecule has 6 heteroatoms. The van der Waals surface area contributed by atoms with E-state index >= 15 is 0 Å². The fourth-order valence-corrected chi connectivity index (χ4v) is 4.24. The Labute approximate surface area is 142 Å². The third-order valence-electron chi connectivity index (χ3n) is 4.62. The molecule has 0 saturated carbocycles. The summed E-state index contributed by atoms with van der Waals surface area (Å²) in [5, 5.41) is 20.9. The van der Waals surface area contributed by atoms with Gasteiger partial charge >= 0.3 is 0 Å². The van der Waals surface area contributed by atoms with Crippen molar-refractivity contribution in [2.24, 2.45) is 5.41 Å². The molecule has 0 fully saturated rings. The lowest BCUT2D eigenvalue weighted by Crippen LogP contribution is -2.47. The van der Waals surface area contributed by atoms with E-state index in [1.807, 2.05) is 23.8 Å². The Kier molecular flexibility index (Phi) is 6.19. The van der Waals surface area contributed by atoms with Crippen LogP contribution in [0.25, 0.3) is 0 Å². The van der Waals surface area contributed by atoms with Gasteiger partial charge < -0.3 is 15.1 Å². The van der Waals surface area contributed by atoms with Gasteiger partial charge in [0, 0.05) is 23.4 Å². The summed E-state index contributed by atoms with van der Waals surface area (Å²) in [5.74, 6) is 0.120. The molecule has 1 amide bonds. The Morgan fingerprint density at radius 1 is 1.48 bits per heavy atom. The van der Waals surface area contributed by atoms with Crippen molar-refractivity contribution < 1.29 is 15.0 Å². The number of hydrogen-bond acceptors (Lipinski definition) is 5. The summed E-state index contributed by atoms with van der Waals surface area (Å²) in [4.78, 5) is 18.0. The minimum atomic E-state index is -0.582. The van der Waals surface area contributed by atoms with Gasteiger partial charge in [-0.3, -0.25) is 9.69 Å². The fourth-order valence-electron chi connectivity index (χ4n) is 3.31. The normalized spacial score (nSPS) is 18.3. The van der Waals surface area contributed by atoms with E-state index in [4.69, 9.17) is 0 Å². The maximum Gasteiger partial charge on any atom is 0.237 e. The molecule has 0 aromatic carbocycles. The monoisotopic (exact) mass is 340 g/mol. The maximum atomic E-state index is 12.7. The Bertz CT molecular complexity index is 528. The van der Waals surface area contributed by atoms with Crippen LogP contribution in [-0.4, -0.2) is 65.8 Å². The van der Waals surface area contributed by atoms with Gasteiger partial charge in [0.05, 0.1) is 25.8 Å². The predicted molar refractivity (Wildman–Crippen MR) is 92.5 cm³/mol. The second-order valence-corrected chi connectivity index (χ2v) is 7.86. The highest BCUT2D eigenvalue weighted by atomic mass is 32.1. The molecule has 1 aliphatic heterocycles. The molecule has 2 rings (SSSR count). The maximum absolute atomic E-state index is 12.7. The molecule has 5 nitrogen and oxygen atoms in total. The number of carbonyl (C=O) groups excluding carboxylic acids is 1. The summed E-state index contributed by atoms with van der Waals surface area (Å²) >= 11 is 1.78. The van der Waals surface area contributed by atoms with Crippen LogP contribution in [0.1, 0.15) is 36.8 Å². The highest BCUT2D eigenvalue weighted by Crippen LogP contribution is 2.35. The van der Waals surface area contributed by atoms with Gasteiger partial charge in [0.25, 0.3) is 0 Å². The Balaban J connectivity index is 2.00. The van der Waals surface area contributed by atoms with Crippen LogP contribution in [-0.2, 0) is 11.2 Å². The van der Waals surface area contributed by atoms with Crippen molar-refractivity contribution in [2.45, 2.75) is 32.7 Å². The first-order valence-electron chi connectivity index (χ1n) is 8.20. The highest BCUT2D eigenvalue weighted by Gasteiger charge is 2.31. The van der Waals surface area contributed by atoms with E-state index < -0.39 is 5.41 Å². The number of nitrogens with zero attached hydrogens (tertiary/aromatic N) is 2. The molecule has 130 valence electrons. The van der Waals surface area contributed by atoms with Crippen LogP contribution in [0.5, 0.6) is 0 Å². The lowest BCUT2D eigenvalue weighted by molar-refractivity contribution is -0.135. The fraction of sp³-hybridized carbons (Fsp3) is 0.706. The summed E-state index contributed by atoms with van der Waals surface area (Å²) in [7, 11) is 1.86. The Morgan fingerprint density at radius 3 is 2.78 bits per heavy atom. The predicted octanol–water partition coefficient (Wildman–Crippen LogP) is 1.51. The summed E-state index contributed by atoms with van der Waals surface area (Å²) < 4.78 is 0. The van der Waals surface area contributed by atoms with E-state index in [1.165, 1.54) is 10.4 Å². The number of aliphatic hydroxyl groups is 2. The van der Waals surface area contributed by atoms with Crippen molar-refractivity contribution in [3.8, 4) is 0 Å². The summed E-state index contributed by atoms with van der Waals surface area (Å²) in [5.41, 5.74) is 0.719. The van der Waals surface area contributed by atoms with Crippen LogP contribution >= 0.6 is 11.3 Å². The van der Waals surface area contributed by atoms with E-state index in [9.17, 15) is 15.0 Å². The van der Waals surface area contributed by atoms with Gasteiger partial charge in [0.1, 0.15) is 0 Å². The third-order valence-corrected chi connectivity index (χ3v) is 5.62. The number of rotatable bonds is 7. The van der Waals surface area contributed by atoms with Crippen LogP contribution in [0.3, 0.4) is 0 Å². The van der Waals surface area contributed by atoms with E-state index in [0.29, 0.717) is 13.1 Å². The lowest BCUT2D eigenvalue weighted by Gasteiger charge is -2.37. The minimum Gasteiger partial charge on any atom is -0.396 e. The molecule has 1 atom stereocenters. The van der Waals surface area contributed by atoms with Crippen LogP contribution in [0, 0.1) is 5.41 Å². The first-order valence-corrected chi connectivity index (χ1v) is 9.08. The quantitative estimate of drug-likeness (QED) is 0.790. The van der Waals surface area contributed by atoms with E-state index in [1.54, 1.807) is 11.3 Å². The smallest absolute Gasteiger partial charge is 0.237 e. The van der Waals surface area contributed by atoms with Gasteiger partial charge in [-0.1, -0.05) is 13.8 Å². The van der Waals surface area contributed by atoms with Gasteiger partial charge in [-0.15, -0.1) is 11.3 Å². The number of thiophene rings is 1. The van der Waals surface area contributed by atoms with Crippen LogP contribution in [0.4, 0.5) is 0 Å². The molecule has 1 unspecified atom stereocenters. The van der Waals surface area contributed by atoms with Gasteiger partial charge in [-0.25, -0.2) is 0 Å². The van der Waals surface area contributed by atoms with Crippen molar-refractivity contribution >= 4 is 17.2 Å². The molecule has 2 heterocycles. The Hall–Kier alpha value is -0.950. The number of hydrogen-bond donors (Lipinski definition) is 2. The van der Waals surface area contributed by atoms with E-state index in [-0.39, 0.29) is 25.2 Å². The molecule has 1 aromatic rings. The van der Waals surface area contributed by atoms with Crippen LogP contribution in [0.2, 0.25) is 0 Å². The number of likely N-dealkylation sites (N-methyl/N-ethyl adjacent to an activating group) is 1. The molecule has 0 aliphatic carbocycles. The molecule has 0 saturated heterocycles. The zero-order valence-corrected chi connectivity index (χ0v) is 15.1. The molecular weight excluding hydrogens is 312 g/mol. The number of carbonyl (C=O) groups is 1. The molecule has 23 heavy (non-hydrogen) atoms. The number of fused-ring (bicyclic) bond motifs is 1. The Morgan fingerprint density at radius 2 is 2.17 bits per heavy atom. The molecule has 2 N–H and O–H groups in total. The molecule has 0 spiro atoms. The topological polar surface area (TPSA) is 64.0 Å². The second-order valence-electron chi connectivity index (χ2n) is 6.86. The van der Waals surface area contributed by atoms with Gasteiger partial charge in [0.15, 0.2) is 0 Å². The van der Waals surface area contributed by atoms with Crippen molar-refractivity contribution in [3.05, 3.63) is 21.9 Å². The van der Waals surface area contributed by atoms with Crippen molar-refractivity contribution in [1.29, 1.82) is 0 Å². The molecule has 1 aliphatic rings. The average molecular weight is 340 g/mol. The zero-order valence-electron chi connectivity index (χ0n) is 14.3. The first-order chi connectivity index (χ1) is 10.9. The second kappa shape index (κ2) is 7.75. The first kappa shape index (κ1) is 18.4. The van der Waals surface area contributed by atoms with Crippen LogP contribution < -0.4 is 0 Å². The molecular formula is C17H28N2O3S. The molecule has 0 bridgehead atoms. The van der Waals surface area contributed by atoms with E-state index in [0.717, 1.165) is 19.4 Å². The van der Waals surface area contributed by atoms with Gasteiger partial charge in [-0.05, 0) is 36.9 Å². The largest absolute Gasteiger partial charge is 0.396 e. The van der Waals surface area contributed by atoms with Crippen LogP contribution in [0.15, 0.2) is 11.4 Å². The van der Waals surface area contributed by atoms with Crippen molar-refractivity contribution in [1.82, 2.24) is 9.80 Å².